The fourth-order valence-electron chi connectivity index (χ4n) is 1.41. The highest BCUT2D eigenvalue weighted by Crippen LogP contribution is 2.11. The van der Waals surface area contributed by atoms with Gasteiger partial charge < -0.3 is 10.6 Å². The Labute approximate surface area is 105 Å². The number of amides is 1. The highest BCUT2D eigenvalue weighted by molar-refractivity contribution is 5.94. The van der Waals surface area contributed by atoms with Crippen molar-refractivity contribution >= 4 is 11.6 Å². The normalized spacial score (nSPS) is 12.1. The first-order valence-corrected chi connectivity index (χ1v) is 5.65. The minimum atomic E-state index is -0.225. The summed E-state index contributed by atoms with van der Waals surface area (Å²) in [4.78, 5) is 13.2. The maximum Gasteiger partial charge on any atom is 0.241 e. The quantitative estimate of drug-likeness (QED) is 0.836. The van der Waals surface area contributed by atoms with E-state index in [2.05, 4.69) is 20.8 Å². The molecule has 1 atom stereocenters. The molecule has 6 heteroatoms. The van der Waals surface area contributed by atoms with Crippen molar-refractivity contribution in [2.24, 2.45) is 0 Å². The minimum Gasteiger partial charge on any atom is -0.325 e. The molecule has 18 heavy (non-hydrogen) atoms. The Morgan fingerprint density at radius 3 is 2.39 bits per heavy atom. The summed E-state index contributed by atoms with van der Waals surface area (Å²) in [6.07, 6.45) is 3.23. The molecule has 0 aliphatic carbocycles. The Morgan fingerprint density at radius 1 is 1.22 bits per heavy atom. The SMILES string of the molecule is CNC(C)C(=O)Nc1ccc(-n2nccn2)cc1. The molecule has 0 spiro atoms. The van der Waals surface area contributed by atoms with Crippen molar-refractivity contribution in [2.45, 2.75) is 13.0 Å². The zero-order chi connectivity index (χ0) is 13.0. The Bertz CT molecular complexity index is 506. The summed E-state index contributed by atoms with van der Waals surface area (Å²) in [5.74, 6) is -0.0672. The van der Waals surface area contributed by atoms with Crippen LogP contribution in [0.2, 0.25) is 0 Å². The fraction of sp³-hybridized carbons (Fsp3) is 0.250. The maximum absolute atomic E-state index is 11.7. The van der Waals surface area contributed by atoms with Crippen LogP contribution < -0.4 is 10.6 Å². The molecular formula is C12H15N5O. The lowest BCUT2D eigenvalue weighted by Crippen LogP contribution is -2.35. The van der Waals surface area contributed by atoms with Gasteiger partial charge >= 0.3 is 0 Å². The van der Waals surface area contributed by atoms with Gasteiger partial charge in [-0.3, -0.25) is 4.79 Å². The van der Waals surface area contributed by atoms with Crippen molar-refractivity contribution in [1.82, 2.24) is 20.3 Å². The van der Waals surface area contributed by atoms with E-state index in [4.69, 9.17) is 0 Å². The van der Waals surface area contributed by atoms with E-state index >= 15 is 0 Å². The number of benzene rings is 1. The van der Waals surface area contributed by atoms with Gasteiger partial charge in [-0.1, -0.05) is 0 Å². The number of carbonyl (C=O) groups excluding carboxylic acids is 1. The largest absolute Gasteiger partial charge is 0.325 e. The topological polar surface area (TPSA) is 71.8 Å². The van der Waals surface area contributed by atoms with Crippen LogP contribution in [0.15, 0.2) is 36.7 Å². The van der Waals surface area contributed by atoms with Crippen LogP contribution in [-0.4, -0.2) is 34.0 Å². The number of hydrogen-bond acceptors (Lipinski definition) is 4. The van der Waals surface area contributed by atoms with Crippen LogP contribution in [0.25, 0.3) is 5.69 Å². The number of aromatic nitrogens is 3. The van der Waals surface area contributed by atoms with E-state index in [1.165, 1.54) is 4.80 Å². The third-order valence-electron chi connectivity index (χ3n) is 2.61. The molecule has 1 aromatic carbocycles. The molecule has 1 amide bonds. The van der Waals surface area contributed by atoms with Crippen LogP contribution in [0.4, 0.5) is 5.69 Å². The molecule has 0 saturated heterocycles. The van der Waals surface area contributed by atoms with Crippen LogP contribution in [0.1, 0.15) is 6.92 Å². The highest BCUT2D eigenvalue weighted by atomic mass is 16.2. The lowest BCUT2D eigenvalue weighted by molar-refractivity contribution is -0.117. The summed E-state index contributed by atoms with van der Waals surface area (Å²) in [6.45, 7) is 1.80. The molecule has 0 aliphatic rings. The molecule has 6 nitrogen and oxygen atoms in total. The zero-order valence-electron chi connectivity index (χ0n) is 10.3. The van der Waals surface area contributed by atoms with Crippen LogP contribution in [-0.2, 0) is 4.79 Å². The molecular weight excluding hydrogens is 230 g/mol. The lowest BCUT2D eigenvalue weighted by atomic mass is 10.2. The van der Waals surface area contributed by atoms with Crippen LogP contribution in [0.3, 0.4) is 0 Å². The van der Waals surface area contributed by atoms with Gasteiger partial charge in [0.1, 0.15) is 0 Å². The van der Waals surface area contributed by atoms with Crippen molar-refractivity contribution in [3.8, 4) is 5.69 Å². The molecule has 0 bridgehead atoms. The molecule has 0 fully saturated rings. The third-order valence-corrected chi connectivity index (χ3v) is 2.61. The number of anilines is 1. The first kappa shape index (κ1) is 12.3. The van der Waals surface area contributed by atoms with E-state index in [0.717, 1.165) is 11.4 Å². The summed E-state index contributed by atoms with van der Waals surface area (Å²) in [7, 11) is 1.75. The molecule has 0 saturated carbocycles. The van der Waals surface area contributed by atoms with Gasteiger partial charge in [-0.2, -0.15) is 15.0 Å². The number of likely N-dealkylation sites (N-methyl/N-ethyl adjacent to an activating group) is 1. The Kier molecular flexibility index (Phi) is 3.69. The van der Waals surface area contributed by atoms with Gasteiger partial charge in [0.25, 0.3) is 0 Å². The van der Waals surface area contributed by atoms with Crippen molar-refractivity contribution in [3.63, 3.8) is 0 Å². The average molecular weight is 245 g/mol. The maximum atomic E-state index is 11.7. The Morgan fingerprint density at radius 2 is 1.83 bits per heavy atom. The minimum absolute atomic E-state index is 0.0672. The van der Waals surface area contributed by atoms with Gasteiger partial charge in [0.05, 0.1) is 24.1 Å². The van der Waals surface area contributed by atoms with Gasteiger partial charge in [0.15, 0.2) is 0 Å². The van der Waals surface area contributed by atoms with Gasteiger partial charge in [-0.25, -0.2) is 0 Å². The number of rotatable bonds is 4. The molecule has 0 radical (unpaired) electrons. The third kappa shape index (κ3) is 2.72. The summed E-state index contributed by atoms with van der Waals surface area (Å²) in [5, 5.41) is 13.7. The molecule has 1 unspecified atom stereocenters. The van der Waals surface area contributed by atoms with Crippen LogP contribution >= 0.6 is 0 Å². The molecule has 2 aromatic rings. The number of carbonyl (C=O) groups is 1. The molecule has 2 N–H and O–H groups in total. The first-order chi connectivity index (χ1) is 8.70. The van der Waals surface area contributed by atoms with E-state index in [1.807, 2.05) is 24.3 Å². The smallest absolute Gasteiger partial charge is 0.241 e. The van der Waals surface area contributed by atoms with Gasteiger partial charge in [0, 0.05) is 5.69 Å². The van der Waals surface area contributed by atoms with Gasteiger partial charge in [-0.05, 0) is 38.2 Å². The monoisotopic (exact) mass is 245 g/mol. The van der Waals surface area contributed by atoms with Crippen molar-refractivity contribution in [1.29, 1.82) is 0 Å². The van der Waals surface area contributed by atoms with Crippen molar-refractivity contribution < 1.29 is 4.79 Å². The van der Waals surface area contributed by atoms with Gasteiger partial charge in [0.2, 0.25) is 5.91 Å². The zero-order valence-corrected chi connectivity index (χ0v) is 10.3. The fourth-order valence-corrected chi connectivity index (χ4v) is 1.41. The standard InChI is InChI=1S/C12H15N5O/c1-9(13-2)12(18)16-10-3-5-11(6-4-10)17-14-7-8-15-17/h3-9,13H,1-2H3,(H,16,18). The summed E-state index contributed by atoms with van der Waals surface area (Å²) >= 11 is 0. The van der Waals surface area contributed by atoms with E-state index in [1.54, 1.807) is 26.4 Å². The van der Waals surface area contributed by atoms with Crippen molar-refractivity contribution in [2.75, 3.05) is 12.4 Å². The van der Waals surface area contributed by atoms with E-state index in [9.17, 15) is 4.79 Å². The number of nitrogens with one attached hydrogen (secondary N) is 2. The van der Waals surface area contributed by atoms with E-state index in [0.29, 0.717) is 0 Å². The molecule has 94 valence electrons. The van der Waals surface area contributed by atoms with Gasteiger partial charge in [-0.15, -0.1) is 0 Å². The first-order valence-electron chi connectivity index (χ1n) is 5.65. The van der Waals surface area contributed by atoms with Crippen LogP contribution in [0.5, 0.6) is 0 Å². The second kappa shape index (κ2) is 5.42. The Balaban J connectivity index is 2.06. The molecule has 1 heterocycles. The average Bonchev–Trinajstić information content (AvgIpc) is 2.92. The van der Waals surface area contributed by atoms with Crippen molar-refractivity contribution in [3.05, 3.63) is 36.7 Å². The molecule has 2 rings (SSSR count). The predicted molar refractivity (Wildman–Crippen MR) is 68.5 cm³/mol. The second-order valence-corrected chi connectivity index (χ2v) is 3.87. The second-order valence-electron chi connectivity index (χ2n) is 3.87. The highest BCUT2D eigenvalue weighted by Gasteiger charge is 2.09. The molecule has 1 aromatic heterocycles. The predicted octanol–water partition coefficient (Wildman–Crippen LogP) is 0.814. The van der Waals surface area contributed by atoms with Crippen LogP contribution in [0, 0.1) is 0 Å². The summed E-state index contributed by atoms with van der Waals surface area (Å²) < 4.78 is 0. The van der Waals surface area contributed by atoms with E-state index in [-0.39, 0.29) is 11.9 Å². The van der Waals surface area contributed by atoms with E-state index < -0.39 is 0 Å². The number of nitrogens with zero attached hydrogens (tertiary/aromatic N) is 3. The summed E-state index contributed by atoms with van der Waals surface area (Å²) in [5.41, 5.74) is 1.60. The summed E-state index contributed by atoms with van der Waals surface area (Å²) in [6, 6.07) is 7.11. The molecule has 0 aliphatic heterocycles. The Hall–Kier alpha value is -2.21. The number of hydrogen-bond donors (Lipinski definition) is 2. The lowest BCUT2D eigenvalue weighted by Gasteiger charge is -2.11.